The van der Waals surface area contributed by atoms with Crippen molar-refractivity contribution in [2.45, 2.75) is 16.5 Å². The molecular weight excluding hydrogens is 475 g/mol. The van der Waals surface area contributed by atoms with E-state index in [1.54, 1.807) is 12.4 Å². The van der Waals surface area contributed by atoms with Gasteiger partial charge in [0.05, 0.1) is 17.0 Å². The van der Waals surface area contributed by atoms with Gasteiger partial charge in [0.25, 0.3) is 0 Å². The van der Waals surface area contributed by atoms with Crippen molar-refractivity contribution in [1.82, 2.24) is 14.9 Å². The molecule has 2 aromatic carbocycles. The molecule has 7 heteroatoms. The summed E-state index contributed by atoms with van der Waals surface area (Å²) in [5.41, 5.74) is 2.14. The third-order valence-corrected chi connectivity index (χ3v) is 8.07. The number of thiazole rings is 1. The molecular formula is C28H25FN4S2. The van der Waals surface area contributed by atoms with Gasteiger partial charge in [-0.15, -0.1) is 0 Å². The molecule has 1 aliphatic heterocycles. The topological polar surface area (TPSA) is 41.1 Å². The molecule has 2 aromatic heterocycles. The molecule has 0 aliphatic carbocycles. The van der Waals surface area contributed by atoms with Crippen molar-refractivity contribution in [2.75, 3.05) is 18.4 Å². The number of aromatic nitrogens is 2. The van der Waals surface area contributed by atoms with Gasteiger partial charge in [-0.3, -0.25) is 0 Å². The summed E-state index contributed by atoms with van der Waals surface area (Å²) in [4.78, 5) is 11.3. The average Bonchev–Trinajstić information content (AvgIpc) is 3.34. The lowest BCUT2D eigenvalue weighted by Gasteiger charge is -2.37. The normalized spacial score (nSPS) is 13.8. The lowest BCUT2D eigenvalue weighted by atomic mass is 9.75. The van der Waals surface area contributed by atoms with E-state index in [1.165, 1.54) is 34.2 Å². The Balaban J connectivity index is 1.29. The van der Waals surface area contributed by atoms with Crippen LogP contribution in [0, 0.1) is 0 Å². The molecule has 1 aliphatic rings. The Bertz CT molecular complexity index is 1280. The van der Waals surface area contributed by atoms with Gasteiger partial charge in [0.2, 0.25) is 0 Å². The van der Waals surface area contributed by atoms with E-state index in [0.717, 1.165) is 15.2 Å². The summed E-state index contributed by atoms with van der Waals surface area (Å²) in [5, 5.41) is 3.92. The fraction of sp³-hybridized carbons (Fsp3) is 0.143. The maximum Gasteiger partial charge on any atom is 0.189 e. The Labute approximate surface area is 213 Å². The fourth-order valence-electron chi connectivity index (χ4n) is 4.16. The maximum atomic E-state index is 15.2. The van der Waals surface area contributed by atoms with Crippen molar-refractivity contribution in [3.05, 3.63) is 125 Å². The molecule has 3 heterocycles. The number of pyridine rings is 1. The second-order valence-electron chi connectivity index (χ2n) is 8.48. The SMILES string of the molecule is CC(CN1C=CC(Sc2cnc(Nc3ccccn3)s2)=C(F)C1)(c1ccccc1)c1ccccc1. The molecule has 0 bridgehead atoms. The van der Waals surface area contributed by atoms with Gasteiger partial charge in [0.15, 0.2) is 5.13 Å². The number of hydrogen-bond acceptors (Lipinski definition) is 6. The molecule has 0 unspecified atom stereocenters. The van der Waals surface area contributed by atoms with Crippen LogP contribution >= 0.6 is 23.1 Å². The summed E-state index contributed by atoms with van der Waals surface area (Å²) in [6, 6.07) is 26.5. The molecule has 0 saturated carbocycles. The standard InChI is InChI=1S/C28H25FN4S2/c1-28(21-10-4-2-5-11-21,22-12-6-3-7-13-22)20-33-17-15-24(23(29)19-33)34-26-18-31-27(35-26)32-25-14-8-9-16-30-25/h2-18H,19-20H2,1H3,(H,30,31,32). The number of benzene rings is 2. The van der Waals surface area contributed by atoms with E-state index >= 15 is 4.39 Å². The number of nitrogens with one attached hydrogen (secondary N) is 1. The first-order valence-corrected chi connectivity index (χ1v) is 13.0. The third-order valence-electron chi connectivity index (χ3n) is 5.98. The molecule has 1 N–H and O–H groups in total. The zero-order chi connectivity index (χ0) is 24.1. The van der Waals surface area contributed by atoms with E-state index in [1.807, 2.05) is 42.6 Å². The molecule has 176 valence electrons. The van der Waals surface area contributed by atoms with Crippen LogP contribution in [0.2, 0.25) is 0 Å². The van der Waals surface area contributed by atoms with Gasteiger partial charge in [-0.25, -0.2) is 14.4 Å². The number of allylic oxidation sites excluding steroid dienone is 1. The number of rotatable bonds is 8. The Hall–Kier alpha value is -3.42. The largest absolute Gasteiger partial charge is 0.369 e. The number of hydrogen-bond donors (Lipinski definition) is 1. The summed E-state index contributed by atoms with van der Waals surface area (Å²) in [6.45, 7) is 3.14. The van der Waals surface area contributed by atoms with Crippen molar-refractivity contribution < 1.29 is 4.39 Å². The fourth-order valence-corrected chi connectivity index (χ4v) is 6.01. The Morgan fingerprint density at radius 1 is 0.971 bits per heavy atom. The van der Waals surface area contributed by atoms with Crippen molar-refractivity contribution >= 4 is 34.0 Å². The van der Waals surface area contributed by atoms with E-state index in [9.17, 15) is 0 Å². The van der Waals surface area contributed by atoms with E-state index in [0.29, 0.717) is 11.4 Å². The molecule has 0 atom stereocenters. The highest BCUT2D eigenvalue weighted by molar-refractivity contribution is 8.05. The summed E-state index contributed by atoms with van der Waals surface area (Å²) in [7, 11) is 0. The third kappa shape index (κ3) is 5.47. The van der Waals surface area contributed by atoms with Gasteiger partial charge < -0.3 is 10.2 Å². The maximum absolute atomic E-state index is 15.2. The number of halogens is 1. The zero-order valence-electron chi connectivity index (χ0n) is 19.3. The quantitative estimate of drug-likeness (QED) is 0.273. The molecule has 0 amide bonds. The average molecular weight is 501 g/mol. The van der Waals surface area contributed by atoms with Gasteiger partial charge in [-0.1, -0.05) is 89.8 Å². The van der Waals surface area contributed by atoms with Crippen LogP contribution in [0.25, 0.3) is 0 Å². The van der Waals surface area contributed by atoms with E-state index in [-0.39, 0.29) is 17.8 Å². The van der Waals surface area contributed by atoms with Crippen molar-refractivity contribution in [3.8, 4) is 0 Å². The number of anilines is 2. The van der Waals surface area contributed by atoms with Crippen LogP contribution in [0.5, 0.6) is 0 Å². The molecule has 0 fully saturated rings. The monoisotopic (exact) mass is 500 g/mol. The van der Waals surface area contributed by atoms with Crippen LogP contribution in [0.4, 0.5) is 15.3 Å². The van der Waals surface area contributed by atoms with Crippen molar-refractivity contribution in [1.29, 1.82) is 0 Å². The van der Waals surface area contributed by atoms with Gasteiger partial charge in [0.1, 0.15) is 11.6 Å². The summed E-state index contributed by atoms with van der Waals surface area (Å²) in [5.74, 6) is 0.602. The first-order valence-electron chi connectivity index (χ1n) is 11.3. The van der Waals surface area contributed by atoms with Crippen LogP contribution < -0.4 is 5.32 Å². The predicted molar refractivity (Wildman–Crippen MR) is 144 cm³/mol. The van der Waals surface area contributed by atoms with Crippen molar-refractivity contribution in [2.24, 2.45) is 0 Å². The summed E-state index contributed by atoms with van der Waals surface area (Å²) in [6.07, 6.45) is 7.36. The number of thioether (sulfide) groups is 1. The molecule has 4 aromatic rings. The first kappa shape index (κ1) is 23.3. The van der Waals surface area contributed by atoms with E-state index < -0.39 is 0 Å². The first-order chi connectivity index (χ1) is 17.1. The lowest BCUT2D eigenvalue weighted by molar-refractivity contribution is 0.309. The molecule has 0 radical (unpaired) electrons. The predicted octanol–water partition coefficient (Wildman–Crippen LogP) is 7.39. The van der Waals surface area contributed by atoms with E-state index in [2.05, 4.69) is 75.6 Å². The van der Waals surface area contributed by atoms with Crippen LogP contribution in [0.15, 0.2) is 118 Å². The molecule has 0 spiro atoms. The van der Waals surface area contributed by atoms with Crippen LogP contribution in [0.1, 0.15) is 18.1 Å². The highest BCUT2D eigenvalue weighted by Gasteiger charge is 2.31. The Morgan fingerprint density at radius 3 is 2.29 bits per heavy atom. The smallest absolute Gasteiger partial charge is 0.189 e. The lowest BCUT2D eigenvalue weighted by Crippen LogP contribution is -2.38. The highest BCUT2D eigenvalue weighted by Crippen LogP contribution is 2.39. The van der Waals surface area contributed by atoms with Crippen LogP contribution in [-0.2, 0) is 5.41 Å². The highest BCUT2D eigenvalue weighted by atomic mass is 32.2. The second-order valence-corrected chi connectivity index (χ2v) is 10.9. The minimum atomic E-state index is -0.276. The molecule has 35 heavy (non-hydrogen) atoms. The molecule has 4 nitrogen and oxygen atoms in total. The molecule has 5 rings (SSSR count). The summed E-state index contributed by atoms with van der Waals surface area (Å²) < 4.78 is 16.2. The van der Waals surface area contributed by atoms with Gasteiger partial charge in [-0.05, 0) is 36.3 Å². The minimum Gasteiger partial charge on any atom is -0.369 e. The summed E-state index contributed by atoms with van der Waals surface area (Å²) >= 11 is 2.88. The van der Waals surface area contributed by atoms with Crippen LogP contribution in [-0.4, -0.2) is 28.0 Å². The van der Waals surface area contributed by atoms with Gasteiger partial charge in [0, 0.05) is 29.3 Å². The van der Waals surface area contributed by atoms with Crippen molar-refractivity contribution in [3.63, 3.8) is 0 Å². The van der Waals surface area contributed by atoms with E-state index in [4.69, 9.17) is 0 Å². The molecule has 0 saturated heterocycles. The van der Waals surface area contributed by atoms with Gasteiger partial charge >= 0.3 is 0 Å². The second kappa shape index (κ2) is 10.5. The van der Waals surface area contributed by atoms with Gasteiger partial charge in [-0.2, -0.15) is 0 Å². The Morgan fingerprint density at radius 2 is 1.66 bits per heavy atom. The Kier molecular flexibility index (Phi) is 6.97. The number of nitrogens with zero attached hydrogens (tertiary/aromatic N) is 3. The van der Waals surface area contributed by atoms with Crippen LogP contribution in [0.3, 0.4) is 0 Å². The minimum absolute atomic E-state index is 0.131. The zero-order valence-corrected chi connectivity index (χ0v) is 20.9.